The summed E-state index contributed by atoms with van der Waals surface area (Å²) in [4.78, 5) is 24.2. The zero-order chi connectivity index (χ0) is 17.4. The van der Waals surface area contributed by atoms with Gasteiger partial charge in [-0.05, 0) is 43.5 Å². The standard InChI is InChI=1S/C20H19N3O2/c1-13-12-21-19-15(22-13)9-10-17(25-2)18(19)20(24)23-11-5-7-14-6-3-4-8-16(14)23/h3-4,6,8-10,12H,5,7,11H2,1-2H3. The van der Waals surface area contributed by atoms with E-state index in [1.54, 1.807) is 19.4 Å². The van der Waals surface area contributed by atoms with Crippen LogP contribution in [-0.4, -0.2) is 29.5 Å². The Morgan fingerprint density at radius 3 is 2.88 bits per heavy atom. The van der Waals surface area contributed by atoms with Crippen LogP contribution >= 0.6 is 0 Å². The predicted molar refractivity (Wildman–Crippen MR) is 97.3 cm³/mol. The van der Waals surface area contributed by atoms with E-state index in [0.717, 1.165) is 24.2 Å². The van der Waals surface area contributed by atoms with E-state index in [9.17, 15) is 4.79 Å². The fourth-order valence-electron chi connectivity index (χ4n) is 3.42. The zero-order valence-corrected chi connectivity index (χ0v) is 14.3. The molecule has 1 amide bonds. The Bertz CT molecular complexity index is 968. The van der Waals surface area contributed by atoms with Crippen molar-refractivity contribution in [2.75, 3.05) is 18.6 Å². The van der Waals surface area contributed by atoms with Gasteiger partial charge in [0.15, 0.2) is 0 Å². The smallest absolute Gasteiger partial charge is 0.264 e. The van der Waals surface area contributed by atoms with Crippen molar-refractivity contribution in [3.8, 4) is 5.75 Å². The molecule has 0 saturated heterocycles. The molecule has 0 atom stereocenters. The van der Waals surface area contributed by atoms with Crippen LogP contribution in [0.25, 0.3) is 11.0 Å². The fourth-order valence-corrected chi connectivity index (χ4v) is 3.42. The van der Waals surface area contributed by atoms with Crippen molar-refractivity contribution in [1.29, 1.82) is 0 Å². The first kappa shape index (κ1) is 15.6. The number of ether oxygens (including phenoxy) is 1. The second-order valence-electron chi connectivity index (χ2n) is 6.21. The molecule has 2 aromatic carbocycles. The Hall–Kier alpha value is -2.95. The molecule has 0 radical (unpaired) electrons. The average Bonchev–Trinajstić information content (AvgIpc) is 2.66. The lowest BCUT2D eigenvalue weighted by molar-refractivity contribution is 0.0983. The number of carbonyl (C=O) groups is 1. The van der Waals surface area contributed by atoms with Gasteiger partial charge in [0.2, 0.25) is 0 Å². The van der Waals surface area contributed by atoms with E-state index in [-0.39, 0.29) is 5.91 Å². The molecule has 1 aromatic heterocycles. The minimum absolute atomic E-state index is 0.0900. The number of carbonyl (C=O) groups excluding carboxylic acids is 1. The fraction of sp³-hybridized carbons (Fsp3) is 0.250. The van der Waals surface area contributed by atoms with Crippen molar-refractivity contribution in [3.63, 3.8) is 0 Å². The van der Waals surface area contributed by atoms with Crippen LogP contribution in [0.4, 0.5) is 5.69 Å². The molecule has 2 heterocycles. The number of amides is 1. The van der Waals surface area contributed by atoms with Gasteiger partial charge in [0.25, 0.3) is 5.91 Å². The minimum Gasteiger partial charge on any atom is -0.496 e. The third-order valence-electron chi connectivity index (χ3n) is 4.58. The van der Waals surface area contributed by atoms with Crippen LogP contribution in [0, 0.1) is 6.92 Å². The quantitative estimate of drug-likeness (QED) is 0.720. The van der Waals surface area contributed by atoms with E-state index < -0.39 is 0 Å². The highest BCUT2D eigenvalue weighted by Crippen LogP contribution is 2.32. The number of anilines is 1. The summed E-state index contributed by atoms with van der Waals surface area (Å²) in [7, 11) is 1.57. The monoisotopic (exact) mass is 333 g/mol. The highest BCUT2D eigenvalue weighted by atomic mass is 16.5. The van der Waals surface area contributed by atoms with E-state index >= 15 is 0 Å². The first-order valence-electron chi connectivity index (χ1n) is 8.39. The summed E-state index contributed by atoms with van der Waals surface area (Å²) in [5, 5.41) is 0. The highest BCUT2D eigenvalue weighted by molar-refractivity contribution is 6.15. The molecule has 0 fully saturated rings. The minimum atomic E-state index is -0.0900. The topological polar surface area (TPSA) is 55.3 Å². The zero-order valence-electron chi connectivity index (χ0n) is 14.3. The number of methoxy groups -OCH3 is 1. The van der Waals surface area contributed by atoms with Gasteiger partial charge < -0.3 is 9.64 Å². The number of benzene rings is 2. The Morgan fingerprint density at radius 1 is 1.20 bits per heavy atom. The summed E-state index contributed by atoms with van der Waals surface area (Å²) in [5.74, 6) is 0.437. The molecular weight excluding hydrogens is 314 g/mol. The Morgan fingerprint density at radius 2 is 2.04 bits per heavy atom. The van der Waals surface area contributed by atoms with Crippen molar-refractivity contribution in [1.82, 2.24) is 9.97 Å². The normalized spacial score (nSPS) is 13.6. The van der Waals surface area contributed by atoms with Crippen molar-refractivity contribution >= 4 is 22.6 Å². The number of aryl methyl sites for hydroxylation is 2. The molecule has 0 saturated carbocycles. The van der Waals surface area contributed by atoms with E-state index in [2.05, 4.69) is 16.0 Å². The van der Waals surface area contributed by atoms with Gasteiger partial charge in [0.1, 0.15) is 16.8 Å². The van der Waals surface area contributed by atoms with Gasteiger partial charge in [-0.2, -0.15) is 0 Å². The van der Waals surface area contributed by atoms with Gasteiger partial charge in [-0.15, -0.1) is 0 Å². The number of fused-ring (bicyclic) bond motifs is 2. The molecule has 1 aliphatic rings. The molecule has 3 aromatic rings. The summed E-state index contributed by atoms with van der Waals surface area (Å²) in [6.07, 6.45) is 3.62. The molecule has 0 N–H and O–H groups in total. The third kappa shape index (κ3) is 2.61. The van der Waals surface area contributed by atoms with Crippen molar-refractivity contribution in [2.45, 2.75) is 19.8 Å². The number of aromatic nitrogens is 2. The lowest BCUT2D eigenvalue weighted by atomic mass is 10.00. The maximum Gasteiger partial charge on any atom is 0.264 e. The second kappa shape index (κ2) is 6.16. The molecule has 126 valence electrons. The van der Waals surface area contributed by atoms with Crippen molar-refractivity contribution in [2.24, 2.45) is 0 Å². The van der Waals surface area contributed by atoms with Gasteiger partial charge in [-0.25, -0.2) is 4.98 Å². The summed E-state index contributed by atoms with van der Waals surface area (Å²) in [6, 6.07) is 11.7. The maximum atomic E-state index is 13.4. The number of para-hydroxylation sites is 1. The maximum absolute atomic E-state index is 13.4. The van der Waals surface area contributed by atoms with Crippen LogP contribution in [0.3, 0.4) is 0 Å². The van der Waals surface area contributed by atoms with E-state index in [1.807, 2.05) is 36.1 Å². The van der Waals surface area contributed by atoms with Gasteiger partial charge in [0.05, 0.1) is 18.3 Å². The van der Waals surface area contributed by atoms with E-state index in [0.29, 0.717) is 28.9 Å². The molecular formula is C20H19N3O2. The van der Waals surface area contributed by atoms with Gasteiger partial charge in [-0.1, -0.05) is 18.2 Å². The molecule has 25 heavy (non-hydrogen) atoms. The Labute approximate surface area is 146 Å². The van der Waals surface area contributed by atoms with Crippen LogP contribution in [-0.2, 0) is 6.42 Å². The molecule has 1 aliphatic heterocycles. The SMILES string of the molecule is COc1ccc2nc(C)cnc2c1C(=O)N1CCCc2ccccc21. The lowest BCUT2D eigenvalue weighted by Crippen LogP contribution is -2.35. The molecule has 0 unspecified atom stereocenters. The molecule has 5 nitrogen and oxygen atoms in total. The summed E-state index contributed by atoms with van der Waals surface area (Å²) in [5.41, 5.74) is 4.75. The van der Waals surface area contributed by atoms with Crippen LogP contribution in [0.2, 0.25) is 0 Å². The van der Waals surface area contributed by atoms with Crippen LogP contribution in [0.1, 0.15) is 28.0 Å². The predicted octanol–water partition coefficient (Wildman–Crippen LogP) is 3.54. The highest BCUT2D eigenvalue weighted by Gasteiger charge is 2.27. The number of hydrogen-bond donors (Lipinski definition) is 0. The Kier molecular flexibility index (Phi) is 3.84. The van der Waals surface area contributed by atoms with Crippen LogP contribution in [0.15, 0.2) is 42.6 Å². The van der Waals surface area contributed by atoms with E-state index in [4.69, 9.17) is 4.74 Å². The number of rotatable bonds is 2. The van der Waals surface area contributed by atoms with Gasteiger partial charge >= 0.3 is 0 Å². The average molecular weight is 333 g/mol. The van der Waals surface area contributed by atoms with Crippen LogP contribution in [0.5, 0.6) is 5.75 Å². The van der Waals surface area contributed by atoms with Gasteiger partial charge in [0, 0.05) is 18.4 Å². The first-order valence-corrected chi connectivity index (χ1v) is 8.39. The largest absolute Gasteiger partial charge is 0.496 e. The van der Waals surface area contributed by atoms with Crippen molar-refractivity contribution < 1.29 is 9.53 Å². The van der Waals surface area contributed by atoms with E-state index in [1.165, 1.54) is 5.56 Å². The van der Waals surface area contributed by atoms with Crippen LogP contribution < -0.4 is 9.64 Å². The van der Waals surface area contributed by atoms with Gasteiger partial charge in [-0.3, -0.25) is 9.78 Å². The number of nitrogens with zero attached hydrogens (tertiary/aromatic N) is 3. The first-order chi connectivity index (χ1) is 12.2. The molecule has 0 spiro atoms. The molecule has 0 aliphatic carbocycles. The Balaban J connectivity index is 1.88. The van der Waals surface area contributed by atoms with Crippen molar-refractivity contribution in [3.05, 3.63) is 59.4 Å². The molecule has 0 bridgehead atoms. The summed E-state index contributed by atoms with van der Waals surface area (Å²) >= 11 is 0. The third-order valence-corrected chi connectivity index (χ3v) is 4.58. The summed E-state index contributed by atoms with van der Waals surface area (Å²) < 4.78 is 5.47. The summed E-state index contributed by atoms with van der Waals surface area (Å²) in [6.45, 7) is 2.58. The molecule has 4 rings (SSSR count). The molecule has 5 heteroatoms. The second-order valence-corrected chi connectivity index (χ2v) is 6.21. The number of hydrogen-bond acceptors (Lipinski definition) is 4. The lowest BCUT2D eigenvalue weighted by Gasteiger charge is -2.30.